The fraction of sp³-hybridized carbons (Fsp3) is 0.250. The summed E-state index contributed by atoms with van der Waals surface area (Å²) >= 11 is 5.90. The van der Waals surface area contributed by atoms with Gasteiger partial charge in [-0.15, -0.1) is 0 Å². The van der Waals surface area contributed by atoms with Crippen molar-refractivity contribution < 1.29 is 9.13 Å². The zero-order valence-corrected chi connectivity index (χ0v) is 11.8. The van der Waals surface area contributed by atoms with Crippen LogP contribution in [0.4, 0.5) is 4.39 Å². The molecule has 0 radical (unpaired) electrons. The fourth-order valence-corrected chi connectivity index (χ4v) is 2.82. The van der Waals surface area contributed by atoms with E-state index < -0.39 is 0 Å². The molecule has 0 aromatic heterocycles. The molecule has 3 rings (SSSR count). The second kappa shape index (κ2) is 5.08. The molecule has 0 aliphatic carbocycles. The summed E-state index contributed by atoms with van der Waals surface area (Å²) in [5.41, 5.74) is 9.08. The Morgan fingerprint density at radius 3 is 2.80 bits per heavy atom. The second-order valence-electron chi connectivity index (χ2n) is 5.19. The van der Waals surface area contributed by atoms with Gasteiger partial charge in [0.05, 0.1) is 0 Å². The van der Waals surface area contributed by atoms with Crippen LogP contribution in [0.1, 0.15) is 35.3 Å². The zero-order valence-electron chi connectivity index (χ0n) is 11.1. The number of halogens is 2. The molecule has 0 bridgehead atoms. The number of hydrogen-bond donors (Lipinski definition) is 1. The van der Waals surface area contributed by atoms with Crippen molar-refractivity contribution in [1.82, 2.24) is 0 Å². The molecule has 0 amide bonds. The second-order valence-corrected chi connectivity index (χ2v) is 5.63. The van der Waals surface area contributed by atoms with E-state index >= 15 is 0 Å². The molecule has 1 aliphatic heterocycles. The fourth-order valence-electron chi connectivity index (χ4n) is 2.59. The molecule has 104 valence electrons. The Balaban J connectivity index is 1.96. The summed E-state index contributed by atoms with van der Waals surface area (Å²) in [5.74, 6) is 0.402. The molecule has 0 saturated carbocycles. The third kappa shape index (κ3) is 2.51. The topological polar surface area (TPSA) is 35.2 Å². The zero-order chi connectivity index (χ0) is 14.3. The van der Waals surface area contributed by atoms with Crippen molar-refractivity contribution in [2.45, 2.75) is 25.5 Å². The first-order valence-electron chi connectivity index (χ1n) is 6.52. The van der Waals surface area contributed by atoms with Crippen LogP contribution in [0.2, 0.25) is 5.02 Å². The molecule has 1 unspecified atom stereocenters. The van der Waals surface area contributed by atoms with Gasteiger partial charge in [-0.25, -0.2) is 4.39 Å². The van der Waals surface area contributed by atoms with Crippen molar-refractivity contribution >= 4 is 11.6 Å². The third-order valence-electron chi connectivity index (χ3n) is 3.56. The van der Waals surface area contributed by atoms with E-state index in [9.17, 15) is 4.39 Å². The lowest BCUT2D eigenvalue weighted by molar-refractivity contribution is 0.161. The number of fused-ring (bicyclic) bond motifs is 1. The Kier molecular flexibility index (Phi) is 3.40. The number of nitrogens with two attached hydrogens (primary N) is 1. The maximum Gasteiger partial charge on any atom is 0.126 e. The summed E-state index contributed by atoms with van der Waals surface area (Å²) in [4.78, 5) is 0. The Bertz CT molecular complexity index is 639. The van der Waals surface area contributed by atoms with Crippen LogP contribution >= 0.6 is 11.6 Å². The number of ether oxygens (including phenoxy) is 1. The van der Waals surface area contributed by atoms with Crippen LogP contribution in [0.15, 0.2) is 36.4 Å². The van der Waals surface area contributed by atoms with Crippen molar-refractivity contribution in [1.29, 1.82) is 0 Å². The van der Waals surface area contributed by atoms with E-state index in [-0.39, 0.29) is 18.0 Å². The first-order chi connectivity index (χ1) is 9.52. The van der Waals surface area contributed by atoms with Gasteiger partial charge < -0.3 is 10.5 Å². The maximum atomic E-state index is 13.5. The monoisotopic (exact) mass is 291 g/mol. The lowest BCUT2D eigenvalue weighted by Crippen LogP contribution is -2.24. The van der Waals surface area contributed by atoms with Gasteiger partial charge >= 0.3 is 0 Å². The molecule has 1 aliphatic rings. The van der Waals surface area contributed by atoms with E-state index in [1.807, 2.05) is 25.1 Å². The molecule has 2 aromatic rings. The van der Waals surface area contributed by atoms with Crippen LogP contribution < -0.4 is 10.5 Å². The van der Waals surface area contributed by atoms with Gasteiger partial charge in [-0.05, 0) is 36.8 Å². The summed E-state index contributed by atoms with van der Waals surface area (Å²) in [7, 11) is 0. The van der Waals surface area contributed by atoms with Crippen LogP contribution in [-0.4, -0.2) is 0 Å². The Morgan fingerprint density at radius 2 is 2.05 bits per heavy atom. The average Bonchev–Trinajstić information content (AvgIpc) is 2.38. The molecule has 0 spiro atoms. The molecule has 1 heterocycles. The van der Waals surface area contributed by atoms with Gasteiger partial charge in [-0.1, -0.05) is 29.3 Å². The van der Waals surface area contributed by atoms with Crippen LogP contribution in [0, 0.1) is 12.7 Å². The van der Waals surface area contributed by atoms with Crippen LogP contribution in [0.3, 0.4) is 0 Å². The van der Waals surface area contributed by atoms with Crippen molar-refractivity contribution in [3.63, 3.8) is 0 Å². The van der Waals surface area contributed by atoms with Gasteiger partial charge in [0.15, 0.2) is 0 Å². The predicted molar refractivity (Wildman–Crippen MR) is 77.5 cm³/mol. The number of benzene rings is 2. The molecule has 0 fully saturated rings. The van der Waals surface area contributed by atoms with Gasteiger partial charge in [0, 0.05) is 23.0 Å². The Hall–Kier alpha value is -1.58. The summed E-state index contributed by atoms with van der Waals surface area (Å²) in [6.07, 6.45) is 0.337. The summed E-state index contributed by atoms with van der Waals surface area (Å²) in [6.45, 7) is 2.02. The summed E-state index contributed by atoms with van der Waals surface area (Å²) in [5, 5.41) is 0.367. The van der Waals surface area contributed by atoms with Gasteiger partial charge in [0.25, 0.3) is 0 Å². The molecule has 2 aromatic carbocycles. The van der Waals surface area contributed by atoms with E-state index in [0.29, 0.717) is 11.4 Å². The lowest BCUT2D eigenvalue weighted by Gasteiger charge is -2.31. The van der Waals surface area contributed by atoms with Crippen LogP contribution in [0.25, 0.3) is 0 Å². The largest absolute Gasteiger partial charge is 0.485 e. The highest BCUT2D eigenvalue weighted by molar-refractivity contribution is 6.30. The van der Waals surface area contributed by atoms with Crippen molar-refractivity contribution in [2.24, 2.45) is 5.73 Å². The smallest absolute Gasteiger partial charge is 0.126 e. The first kappa shape index (κ1) is 13.4. The van der Waals surface area contributed by atoms with Crippen molar-refractivity contribution in [3.8, 4) is 5.75 Å². The Labute approximate surface area is 122 Å². The minimum atomic E-state index is -0.362. The Morgan fingerprint density at radius 1 is 1.25 bits per heavy atom. The number of rotatable bonds is 1. The molecule has 4 heteroatoms. The minimum Gasteiger partial charge on any atom is -0.485 e. The normalized spacial score (nSPS) is 21.2. The van der Waals surface area contributed by atoms with Gasteiger partial charge in [0.2, 0.25) is 0 Å². The molecular weight excluding hydrogens is 277 g/mol. The SMILES string of the molecule is Cc1ccc2c(c1)[C@H](N)CC(c1cc(F)cc(Cl)c1)O2. The highest BCUT2D eigenvalue weighted by atomic mass is 35.5. The standard InChI is InChI=1S/C16H15ClFNO/c1-9-2-3-15-13(4-9)14(19)8-16(20-15)10-5-11(17)7-12(18)6-10/h2-7,14,16H,8,19H2,1H3/t14-,16?/m1/s1. The van der Waals surface area contributed by atoms with Gasteiger partial charge in [0.1, 0.15) is 17.7 Å². The number of hydrogen-bond acceptors (Lipinski definition) is 2. The highest BCUT2D eigenvalue weighted by Crippen LogP contribution is 2.40. The summed E-state index contributed by atoms with van der Waals surface area (Å²) < 4.78 is 19.4. The molecule has 2 nitrogen and oxygen atoms in total. The molecule has 20 heavy (non-hydrogen) atoms. The quantitative estimate of drug-likeness (QED) is 0.849. The number of aryl methyl sites for hydroxylation is 1. The average molecular weight is 292 g/mol. The molecule has 2 N–H and O–H groups in total. The third-order valence-corrected chi connectivity index (χ3v) is 3.78. The van der Waals surface area contributed by atoms with E-state index in [2.05, 4.69) is 0 Å². The van der Waals surface area contributed by atoms with Gasteiger partial charge in [-0.2, -0.15) is 0 Å². The van der Waals surface area contributed by atoms with E-state index in [1.54, 1.807) is 6.07 Å². The predicted octanol–water partition coefficient (Wildman–Crippen LogP) is 4.31. The van der Waals surface area contributed by atoms with Crippen LogP contribution in [-0.2, 0) is 0 Å². The van der Waals surface area contributed by atoms with Crippen molar-refractivity contribution in [2.75, 3.05) is 0 Å². The van der Waals surface area contributed by atoms with Gasteiger partial charge in [-0.3, -0.25) is 0 Å². The molecule has 0 saturated heterocycles. The van der Waals surface area contributed by atoms with E-state index in [4.69, 9.17) is 22.1 Å². The molecule has 2 atom stereocenters. The molecular formula is C16H15ClFNO. The van der Waals surface area contributed by atoms with Crippen molar-refractivity contribution in [3.05, 3.63) is 63.9 Å². The lowest BCUT2D eigenvalue weighted by atomic mass is 9.92. The van der Waals surface area contributed by atoms with E-state index in [1.165, 1.54) is 12.1 Å². The highest BCUT2D eigenvalue weighted by Gasteiger charge is 2.27. The maximum absolute atomic E-state index is 13.5. The minimum absolute atomic E-state index is 0.120. The van der Waals surface area contributed by atoms with E-state index in [0.717, 1.165) is 22.4 Å². The first-order valence-corrected chi connectivity index (χ1v) is 6.89. The van der Waals surface area contributed by atoms with Crippen LogP contribution in [0.5, 0.6) is 5.75 Å². The summed E-state index contributed by atoms with van der Waals surface area (Å²) in [6, 6.07) is 10.3.